The van der Waals surface area contributed by atoms with Crippen LogP contribution in [0, 0.1) is 0 Å². The smallest absolute Gasteiger partial charge is 0.257 e. The highest BCUT2D eigenvalue weighted by atomic mass is 32.2. The fraction of sp³-hybridized carbons (Fsp3) is 0.148. The summed E-state index contributed by atoms with van der Waals surface area (Å²) in [5.41, 5.74) is 10.1. The van der Waals surface area contributed by atoms with Gasteiger partial charge >= 0.3 is 0 Å². The predicted octanol–water partition coefficient (Wildman–Crippen LogP) is 2.79. The average molecular weight is 547 g/mol. The van der Waals surface area contributed by atoms with Gasteiger partial charge in [0, 0.05) is 12.2 Å². The molecule has 5 rings (SSSR count). The van der Waals surface area contributed by atoms with E-state index in [1.54, 1.807) is 37.0 Å². The molecule has 0 fully saturated rings. The number of anilines is 1. The highest BCUT2D eigenvalue weighted by Gasteiger charge is 2.25. The zero-order valence-corrected chi connectivity index (χ0v) is 22.0. The third-order valence-corrected chi connectivity index (χ3v) is 7.22. The van der Waals surface area contributed by atoms with E-state index in [0.717, 1.165) is 5.56 Å². The van der Waals surface area contributed by atoms with Crippen molar-refractivity contribution < 1.29 is 22.7 Å². The fourth-order valence-corrected chi connectivity index (χ4v) is 4.89. The van der Waals surface area contributed by atoms with Gasteiger partial charge in [-0.15, -0.1) is 0 Å². The molecule has 12 heteroatoms. The molecule has 0 aliphatic heterocycles. The maximum atomic E-state index is 13.4. The van der Waals surface area contributed by atoms with Crippen LogP contribution in [0.25, 0.3) is 27.9 Å². The van der Waals surface area contributed by atoms with Gasteiger partial charge in [-0.1, -0.05) is 18.2 Å². The molecule has 0 saturated carbocycles. The molecule has 2 aromatic heterocycles. The standard InChI is InChI=1S/C27H26N6O5S/c1-37-21-12-7-16(15-22(21)38-2)13-14-30-27(34)23-24-26(32-20-6-4-3-5-19(20)31-24)33(25(23)28)17-8-10-18(11-9-17)39(29,35)36/h3-12,15H,13-14,28H2,1-2H3,(H,30,34)(H2,29,35,36). The van der Waals surface area contributed by atoms with E-state index in [1.807, 2.05) is 36.4 Å². The number of para-hydroxylation sites is 2. The highest BCUT2D eigenvalue weighted by Crippen LogP contribution is 2.31. The Kier molecular flexibility index (Phi) is 6.81. The Morgan fingerprint density at radius 1 is 0.949 bits per heavy atom. The SMILES string of the molecule is COc1ccc(CCNC(=O)c2c(N)n(-c3ccc(S(N)(=O)=O)cc3)c3nc4ccccc4nc23)cc1OC. The quantitative estimate of drug-likeness (QED) is 0.267. The first-order chi connectivity index (χ1) is 18.7. The lowest BCUT2D eigenvalue weighted by Crippen LogP contribution is -2.26. The number of hydrogen-bond donors (Lipinski definition) is 3. The number of primary sulfonamides is 1. The van der Waals surface area contributed by atoms with Crippen molar-refractivity contribution in [3.8, 4) is 17.2 Å². The molecule has 11 nitrogen and oxygen atoms in total. The molecule has 0 bridgehead atoms. The Morgan fingerprint density at radius 2 is 1.62 bits per heavy atom. The number of benzene rings is 3. The van der Waals surface area contributed by atoms with Crippen LogP contribution in [-0.2, 0) is 16.4 Å². The van der Waals surface area contributed by atoms with Crippen molar-refractivity contribution in [3.05, 3.63) is 77.9 Å². The summed E-state index contributed by atoms with van der Waals surface area (Å²) >= 11 is 0. The van der Waals surface area contributed by atoms with Crippen LogP contribution in [0.15, 0.2) is 71.6 Å². The van der Waals surface area contributed by atoms with Gasteiger partial charge in [0.1, 0.15) is 16.9 Å². The molecule has 0 spiro atoms. The number of nitrogens with zero attached hydrogens (tertiary/aromatic N) is 3. The van der Waals surface area contributed by atoms with Gasteiger partial charge < -0.3 is 20.5 Å². The van der Waals surface area contributed by atoms with Crippen molar-refractivity contribution in [3.63, 3.8) is 0 Å². The van der Waals surface area contributed by atoms with E-state index in [1.165, 1.54) is 12.1 Å². The molecule has 0 atom stereocenters. The topological polar surface area (TPSA) is 164 Å². The van der Waals surface area contributed by atoms with Crippen molar-refractivity contribution in [2.24, 2.45) is 5.14 Å². The van der Waals surface area contributed by atoms with Crippen molar-refractivity contribution in [2.75, 3.05) is 26.5 Å². The summed E-state index contributed by atoms with van der Waals surface area (Å²) in [7, 11) is -0.747. The molecule has 0 radical (unpaired) electrons. The number of methoxy groups -OCH3 is 2. The summed E-state index contributed by atoms with van der Waals surface area (Å²) in [6, 6.07) is 18.7. The lowest BCUT2D eigenvalue weighted by atomic mass is 10.1. The summed E-state index contributed by atoms with van der Waals surface area (Å²) < 4.78 is 35.7. The molecule has 3 aromatic carbocycles. The van der Waals surface area contributed by atoms with E-state index in [9.17, 15) is 13.2 Å². The third-order valence-electron chi connectivity index (χ3n) is 6.30. The van der Waals surface area contributed by atoms with E-state index in [2.05, 4.69) is 5.32 Å². The predicted molar refractivity (Wildman–Crippen MR) is 148 cm³/mol. The second-order valence-corrected chi connectivity index (χ2v) is 10.3. The van der Waals surface area contributed by atoms with Gasteiger partial charge in [-0.05, 0) is 60.5 Å². The van der Waals surface area contributed by atoms with Crippen molar-refractivity contribution in [2.45, 2.75) is 11.3 Å². The number of fused-ring (bicyclic) bond motifs is 2. The third kappa shape index (κ3) is 4.94. The van der Waals surface area contributed by atoms with Gasteiger partial charge in [-0.3, -0.25) is 9.36 Å². The second-order valence-electron chi connectivity index (χ2n) is 8.71. The van der Waals surface area contributed by atoms with E-state index >= 15 is 0 Å². The van der Waals surface area contributed by atoms with Crippen LogP contribution in [-0.4, -0.2) is 49.6 Å². The summed E-state index contributed by atoms with van der Waals surface area (Å²) in [6.45, 7) is 0.324. The number of sulfonamides is 1. The largest absolute Gasteiger partial charge is 0.493 e. The van der Waals surface area contributed by atoms with E-state index in [4.69, 9.17) is 30.3 Å². The number of rotatable bonds is 8. The lowest BCUT2D eigenvalue weighted by Gasteiger charge is -2.10. The molecule has 0 aliphatic rings. The minimum absolute atomic E-state index is 0.0500. The van der Waals surface area contributed by atoms with Crippen molar-refractivity contribution in [1.29, 1.82) is 0 Å². The first-order valence-electron chi connectivity index (χ1n) is 11.9. The van der Waals surface area contributed by atoms with E-state index < -0.39 is 15.9 Å². The Bertz CT molecular complexity index is 1820. The van der Waals surface area contributed by atoms with Crippen molar-refractivity contribution >= 4 is 43.9 Å². The Hall–Kier alpha value is -4.68. The second kappa shape index (κ2) is 10.2. The number of hydrogen-bond acceptors (Lipinski definition) is 8. The Balaban J connectivity index is 1.52. The van der Waals surface area contributed by atoms with Crippen LogP contribution in [0.2, 0.25) is 0 Å². The molecule has 5 N–H and O–H groups in total. The zero-order valence-electron chi connectivity index (χ0n) is 21.2. The van der Waals surface area contributed by atoms with Gasteiger partial charge in [0.25, 0.3) is 5.91 Å². The molecular weight excluding hydrogens is 520 g/mol. The van der Waals surface area contributed by atoms with Crippen LogP contribution < -0.4 is 25.7 Å². The molecule has 5 aromatic rings. The number of carbonyl (C=O) groups excluding carboxylic acids is 1. The first kappa shape index (κ1) is 25.9. The normalized spacial score (nSPS) is 11.6. The Labute approximate surface area is 224 Å². The molecule has 0 saturated heterocycles. The minimum Gasteiger partial charge on any atom is -0.493 e. The molecule has 39 heavy (non-hydrogen) atoms. The molecule has 2 heterocycles. The molecular formula is C27H26N6O5S. The van der Waals surface area contributed by atoms with Gasteiger partial charge in [0.2, 0.25) is 10.0 Å². The Morgan fingerprint density at radius 3 is 2.26 bits per heavy atom. The summed E-state index contributed by atoms with van der Waals surface area (Å²) in [6.07, 6.45) is 0.536. The first-order valence-corrected chi connectivity index (χ1v) is 13.4. The number of ether oxygens (including phenoxy) is 2. The highest BCUT2D eigenvalue weighted by molar-refractivity contribution is 7.89. The van der Waals surface area contributed by atoms with Crippen LogP contribution >= 0.6 is 0 Å². The molecule has 1 amide bonds. The fourth-order valence-electron chi connectivity index (χ4n) is 4.38. The summed E-state index contributed by atoms with van der Waals surface area (Å²) in [5, 5.41) is 8.16. The van der Waals surface area contributed by atoms with Gasteiger partial charge in [-0.25, -0.2) is 23.5 Å². The molecule has 200 valence electrons. The van der Waals surface area contributed by atoms with E-state index in [0.29, 0.717) is 52.3 Å². The monoisotopic (exact) mass is 546 g/mol. The number of aromatic nitrogens is 3. The van der Waals surface area contributed by atoms with Crippen LogP contribution in [0.3, 0.4) is 0 Å². The minimum atomic E-state index is -3.88. The van der Waals surface area contributed by atoms with Gasteiger partial charge in [0.05, 0.1) is 30.1 Å². The zero-order chi connectivity index (χ0) is 27.7. The number of nitrogen functional groups attached to an aromatic ring is 1. The molecule has 0 aliphatic carbocycles. The van der Waals surface area contributed by atoms with Crippen molar-refractivity contribution in [1.82, 2.24) is 19.9 Å². The van der Waals surface area contributed by atoms with Gasteiger partial charge in [-0.2, -0.15) is 0 Å². The summed E-state index contributed by atoms with van der Waals surface area (Å²) in [5.74, 6) is 0.924. The maximum Gasteiger partial charge on any atom is 0.257 e. The number of nitrogens with two attached hydrogens (primary N) is 2. The average Bonchev–Trinajstić information content (AvgIpc) is 3.21. The van der Waals surface area contributed by atoms with Crippen LogP contribution in [0.4, 0.5) is 5.82 Å². The van der Waals surface area contributed by atoms with E-state index in [-0.39, 0.29) is 16.3 Å². The molecule has 0 unspecified atom stereocenters. The van der Waals surface area contributed by atoms with Gasteiger partial charge in [0.15, 0.2) is 17.1 Å². The number of carbonyl (C=O) groups is 1. The number of nitrogens with one attached hydrogen (secondary N) is 1. The summed E-state index contributed by atoms with van der Waals surface area (Å²) in [4.78, 5) is 22.8. The van der Waals surface area contributed by atoms with Crippen LogP contribution in [0.5, 0.6) is 11.5 Å². The number of amides is 1. The van der Waals surface area contributed by atoms with Crippen LogP contribution in [0.1, 0.15) is 15.9 Å². The lowest BCUT2D eigenvalue weighted by molar-refractivity contribution is 0.0956. The maximum absolute atomic E-state index is 13.4.